The third-order valence-electron chi connectivity index (χ3n) is 11.0. The second kappa shape index (κ2) is 40.0. The second-order valence-electron chi connectivity index (χ2n) is 18.2. The van der Waals surface area contributed by atoms with Crippen LogP contribution in [0.1, 0.15) is 194 Å². The first-order valence-corrected chi connectivity index (χ1v) is 26.6. The van der Waals surface area contributed by atoms with Crippen LogP contribution >= 0.6 is 7.82 Å². The average molecular weight is 906 g/mol. The van der Waals surface area contributed by atoms with Gasteiger partial charge in [0.15, 0.2) is 6.10 Å². The molecule has 1 saturated heterocycles. The van der Waals surface area contributed by atoms with Crippen molar-refractivity contribution in [3.8, 4) is 0 Å². The molecule has 0 aromatic heterocycles. The summed E-state index contributed by atoms with van der Waals surface area (Å²) in [6.07, 6.45) is 51.6. The largest absolute Gasteiger partial charge is 0.756 e. The normalized spacial score (nSPS) is 17.2. The molecule has 1 aliphatic rings. The summed E-state index contributed by atoms with van der Waals surface area (Å²) in [6.45, 7) is 4.04. The highest BCUT2D eigenvalue weighted by Gasteiger charge is 2.36. The van der Waals surface area contributed by atoms with Gasteiger partial charge in [-0.25, -0.2) is 0 Å². The highest BCUT2D eigenvalue weighted by molar-refractivity contribution is 7.45. The molecule has 11 heteroatoms. The lowest BCUT2D eigenvalue weighted by Crippen LogP contribution is -2.37. The maximum Gasteiger partial charge on any atom is 0.306 e. The summed E-state index contributed by atoms with van der Waals surface area (Å²) in [4.78, 5) is 37.7. The zero-order valence-electron chi connectivity index (χ0n) is 40.7. The van der Waals surface area contributed by atoms with Gasteiger partial charge in [-0.05, 0) is 51.4 Å². The summed E-state index contributed by atoms with van der Waals surface area (Å²) in [5.74, 6) is -0.933. The maximum atomic E-state index is 12.7. The van der Waals surface area contributed by atoms with Gasteiger partial charge in [-0.1, -0.05) is 190 Å². The molecule has 0 radical (unpaired) electrons. The Kier molecular flexibility index (Phi) is 37.2. The smallest absolute Gasteiger partial charge is 0.306 e. The van der Waals surface area contributed by atoms with E-state index in [0.717, 1.165) is 57.8 Å². The number of nitrogens with zero attached hydrogens (tertiary/aromatic N) is 1. The molecular weight excluding hydrogens is 814 g/mol. The summed E-state index contributed by atoms with van der Waals surface area (Å²) in [7, 11) is 1.11. The van der Waals surface area contributed by atoms with Crippen LogP contribution in [-0.2, 0) is 37.4 Å². The fourth-order valence-electron chi connectivity index (χ4n) is 6.96. The summed E-state index contributed by atoms with van der Waals surface area (Å²) >= 11 is 0. The zero-order chi connectivity index (χ0) is 46.1. The summed E-state index contributed by atoms with van der Waals surface area (Å²) in [5, 5.41) is 0. The molecule has 1 rings (SSSR count). The molecular formula is C52H92NO9P. The van der Waals surface area contributed by atoms with Crippen molar-refractivity contribution in [3.05, 3.63) is 60.8 Å². The molecule has 0 amide bonds. The number of esters is 2. The number of allylic oxidation sites excluding steroid dienone is 8. The van der Waals surface area contributed by atoms with Gasteiger partial charge >= 0.3 is 11.9 Å². The number of unbranched alkanes of at least 4 members (excludes halogenated alkanes) is 18. The van der Waals surface area contributed by atoms with E-state index in [4.69, 9.17) is 23.3 Å². The molecule has 1 fully saturated rings. The van der Waals surface area contributed by atoms with Crippen molar-refractivity contribution in [2.75, 3.05) is 47.5 Å². The number of hydrogen-bond acceptors (Lipinski definition) is 9. The Bertz CT molecular complexity index is 1320. The highest BCUT2D eigenvalue weighted by atomic mass is 31.2. The summed E-state index contributed by atoms with van der Waals surface area (Å²) in [5.41, 5.74) is 0. The molecule has 0 saturated carbocycles. The van der Waals surface area contributed by atoms with Gasteiger partial charge in [0.1, 0.15) is 19.8 Å². The van der Waals surface area contributed by atoms with Crippen LogP contribution in [-0.4, -0.2) is 82.2 Å². The first kappa shape index (κ1) is 58.7. The van der Waals surface area contributed by atoms with Gasteiger partial charge < -0.3 is 32.6 Å². The van der Waals surface area contributed by atoms with E-state index in [0.29, 0.717) is 29.7 Å². The van der Waals surface area contributed by atoms with E-state index in [9.17, 15) is 19.0 Å². The lowest BCUT2D eigenvalue weighted by molar-refractivity contribution is -0.870. The molecule has 10 nitrogen and oxygen atoms in total. The topological polar surface area (TPSA) is 124 Å². The van der Waals surface area contributed by atoms with Gasteiger partial charge in [0.25, 0.3) is 7.82 Å². The quantitative estimate of drug-likeness (QED) is 0.0147. The number of phosphoric acid groups is 1. The third kappa shape index (κ3) is 40.9. The van der Waals surface area contributed by atoms with Crippen molar-refractivity contribution in [2.45, 2.75) is 212 Å². The molecule has 0 N–H and O–H groups in total. The number of ether oxygens (including phenoxy) is 3. The Morgan fingerprint density at radius 2 is 1.05 bits per heavy atom. The van der Waals surface area contributed by atoms with E-state index >= 15 is 0 Å². The Morgan fingerprint density at radius 3 is 1.54 bits per heavy atom. The molecule has 364 valence electrons. The van der Waals surface area contributed by atoms with Gasteiger partial charge in [0.05, 0.1) is 40.0 Å². The number of carbonyl (C=O) groups is 2. The molecule has 63 heavy (non-hydrogen) atoms. The molecule has 0 aromatic rings. The molecule has 3 unspecified atom stereocenters. The summed E-state index contributed by atoms with van der Waals surface area (Å²) < 4.78 is 39.6. The van der Waals surface area contributed by atoms with Crippen LogP contribution in [0.25, 0.3) is 0 Å². The number of rotatable bonds is 44. The van der Waals surface area contributed by atoms with Crippen LogP contribution < -0.4 is 4.89 Å². The van der Waals surface area contributed by atoms with Crippen molar-refractivity contribution in [1.82, 2.24) is 0 Å². The van der Waals surface area contributed by atoms with Gasteiger partial charge in [0, 0.05) is 12.8 Å². The van der Waals surface area contributed by atoms with Crippen molar-refractivity contribution < 1.29 is 46.8 Å². The maximum absolute atomic E-state index is 12.7. The van der Waals surface area contributed by atoms with Crippen LogP contribution in [0.5, 0.6) is 0 Å². The van der Waals surface area contributed by atoms with Gasteiger partial charge in [-0.2, -0.15) is 0 Å². The minimum absolute atomic E-state index is 0.0476. The minimum Gasteiger partial charge on any atom is -0.756 e. The molecule has 1 heterocycles. The van der Waals surface area contributed by atoms with Gasteiger partial charge in [0.2, 0.25) is 0 Å². The van der Waals surface area contributed by atoms with Crippen LogP contribution in [0.3, 0.4) is 0 Å². The Hall–Kier alpha value is -2.33. The number of phosphoric ester groups is 1. The predicted octanol–water partition coefficient (Wildman–Crippen LogP) is 13.2. The fraction of sp³-hybridized carbons (Fsp3) is 0.769. The standard InChI is InChI=1S/C52H92NO9P/c1-6-8-10-11-12-13-14-15-16-17-18-19-20-21-25-28-31-34-38-42-51(54)58-46-48(47-60-63(56,57)59-45-44-53(3,4)5)61-52(55)43-39-35-32-29-26-23-22-24-27-30-33-37-41-50-49(62-50)40-36-9-7-2/h9,23-24,26-27,32-33,35-37,48-50H,6-8,10-22,25,28-31,34,38-47H2,1-5H3/b26-23-,27-24-,35-32-,36-9-,37-33-/t48-,49?,50?/m1/s1. The number of quaternary nitrogens is 1. The van der Waals surface area contributed by atoms with Crippen molar-refractivity contribution in [2.24, 2.45) is 0 Å². The van der Waals surface area contributed by atoms with E-state index in [1.54, 1.807) is 0 Å². The van der Waals surface area contributed by atoms with Gasteiger partial charge in [-0.3, -0.25) is 14.2 Å². The molecule has 0 spiro atoms. The Balaban J connectivity index is 2.26. The van der Waals surface area contributed by atoms with Crippen molar-refractivity contribution >= 4 is 19.8 Å². The number of epoxide rings is 1. The predicted molar refractivity (Wildman–Crippen MR) is 258 cm³/mol. The summed E-state index contributed by atoms with van der Waals surface area (Å²) in [6, 6.07) is 0. The Morgan fingerprint density at radius 1 is 0.587 bits per heavy atom. The minimum atomic E-state index is -4.65. The van der Waals surface area contributed by atoms with Gasteiger partial charge in [-0.15, -0.1) is 0 Å². The van der Waals surface area contributed by atoms with E-state index in [2.05, 4.69) is 62.5 Å². The Labute approximate surface area is 385 Å². The van der Waals surface area contributed by atoms with Crippen LogP contribution in [0.4, 0.5) is 0 Å². The van der Waals surface area contributed by atoms with E-state index < -0.39 is 32.5 Å². The number of likely N-dealkylation sites (N-methyl/N-ethyl adjacent to an activating group) is 1. The number of hydrogen-bond donors (Lipinski definition) is 0. The van der Waals surface area contributed by atoms with Crippen LogP contribution in [0.15, 0.2) is 60.8 Å². The highest BCUT2D eigenvalue weighted by Crippen LogP contribution is 2.38. The first-order chi connectivity index (χ1) is 30.5. The first-order valence-electron chi connectivity index (χ1n) is 25.1. The fourth-order valence-corrected chi connectivity index (χ4v) is 7.69. The third-order valence-corrected chi connectivity index (χ3v) is 11.9. The van der Waals surface area contributed by atoms with E-state index in [-0.39, 0.29) is 26.1 Å². The molecule has 0 aromatic carbocycles. The number of carbonyl (C=O) groups excluding carboxylic acids is 2. The van der Waals surface area contributed by atoms with Crippen LogP contribution in [0.2, 0.25) is 0 Å². The SMILES string of the molecule is CC/C=C\CC1OC1C/C=C\C/C=C\C/C=C\C/C=C\CCC(=O)O[C@H](COC(=O)CCCCCCCCCCCCCCCCCCCCC)COP(=O)([O-])OCC[N+](C)(C)C. The molecule has 0 aliphatic carbocycles. The van der Waals surface area contributed by atoms with E-state index in [1.807, 2.05) is 33.3 Å². The molecule has 0 bridgehead atoms. The average Bonchev–Trinajstić information content (AvgIpc) is 3.99. The van der Waals surface area contributed by atoms with Crippen molar-refractivity contribution in [3.63, 3.8) is 0 Å². The molecule has 4 atom stereocenters. The lowest BCUT2D eigenvalue weighted by Gasteiger charge is -2.28. The zero-order valence-corrected chi connectivity index (χ0v) is 41.6. The monoisotopic (exact) mass is 906 g/mol. The lowest BCUT2D eigenvalue weighted by atomic mass is 10.0. The van der Waals surface area contributed by atoms with Crippen molar-refractivity contribution in [1.29, 1.82) is 0 Å². The molecule has 1 aliphatic heterocycles. The second-order valence-corrected chi connectivity index (χ2v) is 19.6. The van der Waals surface area contributed by atoms with E-state index in [1.165, 1.54) is 103 Å². The van der Waals surface area contributed by atoms with Crippen LogP contribution in [0, 0.1) is 0 Å².